The van der Waals surface area contributed by atoms with Gasteiger partial charge in [-0.2, -0.15) is 0 Å². The molecule has 2 aromatic rings. The second-order valence-electron chi connectivity index (χ2n) is 5.83. The number of hydrogen-bond acceptors (Lipinski definition) is 3. The zero-order valence-corrected chi connectivity index (χ0v) is 12.2. The molecule has 112 valence electrons. The summed E-state index contributed by atoms with van der Waals surface area (Å²) >= 11 is 0. The third-order valence-electron chi connectivity index (χ3n) is 4.38. The zero-order valence-electron chi connectivity index (χ0n) is 12.2. The van der Waals surface area contributed by atoms with Crippen LogP contribution in [-0.4, -0.2) is 11.4 Å². The van der Waals surface area contributed by atoms with Gasteiger partial charge in [0.25, 0.3) is 0 Å². The van der Waals surface area contributed by atoms with E-state index < -0.39 is 6.10 Å². The topological polar surface area (TPSA) is 38.7 Å². The second kappa shape index (κ2) is 5.50. The van der Waals surface area contributed by atoms with Crippen molar-refractivity contribution in [2.45, 2.75) is 31.2 Å². The predicted molar refractivity (Wildman–Crippen MR) is 82.9 cm³/mol. The van der Waals surface area contributed by atoms with Crippen molar-refractivity contribution in [1.29, 1.82) is 0 Å². The van der Waals surface area contributed by atoms with Gasteiger partial charge in [-0.3, -0.25) is 0 Å². The number of aliphatic hydroxyl groups is 1. The van der Waals surface area contributed by atoms with Gasteiger partial charge in [0.05, 0.1) is 6.10 Å². The smallest absolute Gasteiger partial charge is 0.244 e. The van der Waals surface area contributed by atoms with Gasteiger partial charge in [-0.05, 0) is 23.1 Å². The molecule has 1 heterocycles. The first kappa shape index (κ1) is 13.4. The van der Waals surface area contributed by atoms with Crippen molar-refractivity contribution in [3.63, 3.8) is 0 Å². The highest BCUT2D eigenvalue weighted by molar-refractivity contribution is 5.41. The molecule has 0 amide bonds. The predicted octanol–water partition coefficient (Wildman–Crippen LogP) is 3.66. The molecular weight excluding hydrogens is 276 g/mol. The molecule has 1 N–H and O–H groups in total. The first-order chi connectivity index (χ1) is 10.8. The molecule has 2 aliphatic rings. The van der Waals surface area contributed by atoms with Crippen LogP contribution in [0.1, 0.15) is 35.1 Å². The van der Waals surface area contributed by atoms with Crippen LogP contribution >= 0.6 is 0 Å². The Hall–Kier alpha value is -2.26. The molecule has 2 aromatic carbocycles. The number of ether oxygens (including phenoxy) is 2. The second-order valence-corrected chi connectivity index (χ2v) is 5.83. The van der Waals surface area contributed by atoms with Crippen molar-refractivity contribution < 1.29 is 14.6 Å². The monoisotopic (exact) mass is 294 g/mol. The summed E-state index contributed by atoms with van der Waals surface area (Å²) in [4.78, 5) is 0. The maximum absolute atomic E-state index is 10.2. The lowest BCUT2D eigenvalue weighted by Crippen LogP contribution is -2.13. The van der Waals surface area contributed by atoms with E-state index in [0.717, 1.165) is 23.3 Å². The molecule has 0 aromatic heterocycles. The minimum atomic E-state index is -0.418. The summed E-state index contributed by atoms with van der Waals surface area (Å²) in [7, 11) is 0. The number of fused-ring (bicyclic) bond motifs is 1. The van der Waals surface area contributed by atoms with Gasteiger partial charge in [0.1, 0.15) is 12.0 Å². The summed E-state index contributed by atoms with van der Waals surface area (Å²) in [6, 6.07) is 18.2. The average molecular weight is 294 g/mol. The quantitative estimate of drug-likeness (QED) is 0.939. The Morgan fingerprint density at radius 3 is 2.50 bits per heavy atom. The van der Waals surface area contributed by atoms with Crippen molar-refractivity contribution in [2.24, 2.45) is 0 Å². The maximum atomic E-state index is 10.2. The molecule has 3 heteroatoms. The fourth-order valence-electron chi connectivity index (χ4n) is 3.29. The molecule has 0 radical (unpaired) electrons. The lowest BCUT2D eigenvalue weighted by atomic mass is 10.00. The molecular formula is C19H18O3. The van der Waals surface area contributed by atoms with Crippen LogP contribution in [0.3, 0.4) is 0 Å². The lowest BCUT2D eigenvalue weighted by Gasteiger charge is -2.15. The van der Waals surface area contributed by atoms with Crippen LogP contribution in [0, 0.1) is 0 Å². The summed E-state index contributed by atoms with van der Waals surface area (Å²) in [5.74, 6) is 0.914. The minimum Gasteiger partial charge on any atom is -0.459 e. The molecule has 3 nitrogen and oxygen atoms in total. The van der Waals surface area contributed by atoms with E-state index in [0.29, 0.717) is 6.42 Å². The highest BCUT2D eigenvalue weighted by Gasteiger charge is 2.36. The summed E-state index contributed by atoms with van der Waals surface area (Å²) in [6.45, 7) is 0. The van der Waals surface area contributed by atoms with Gasteiger partial charge in [0.15, 0.2) is 0 Å². The van der Waals surface area contributed by atoms with Gasteiger partial charge in [-0.1, -0.05) is 54.6 Å². The Labute approximate surface area is 129 Å². The van der Waals surface area contributed by atoms with E-state index >= 15 is 0 Å². The molecule has 0 saturated heterocycles. The molecule has 22 heavy (non-hydrogen) atoms. The first-order valence-corrected chi connectivity index (χ1v) is 7.64. The third-order valence-corrected chi connectivity index (χ3v) is 4.38. The molecule has 0 bridgehead atoms. The summed E-state index contributed by atoms with van der Waals surface area (Å²) in [5, 5.41) is 10.2. The van der Waals surface area contributed by atoms with E-state index in [1.165, 1.54) is 5.56 Å². The standard InChI is InChI=1S/C19H18O3/c20-17-11-16(14-8-4-5-9-15(14)17)18-12-21-19(22-18)10-13-6-2-1-3-7-13/h1-9,12,16-17,19-20H,10-11H2. The Morgan fingerprint density at radius 1 is 0.955 bits per heavy atom. The number of allylic oxidation sites excluding steroid dienone is 1. The van der Waals surface area contributed by atoms with Crippen LogP contribution in [-0.2, 0) is 15.9 Å². The highest BCUT2D eigenvalue weighted by Crippen LogP contribution is 2.45. The molecule has 3 atom stereocenters. The number of benzene rings is 2. The normalized spacial score (nSPS) is 26.0. The van der Waals surface area contributed by atoms with E-state index in [-0.39, 0.29) is 12.2 Å². The molecule has 0 fully saturated rings. The molecule has 1 aliphatic heterocycles. The van der Waals surface area contributed by atoms with Crippen LogP contribution in [0.4, 0.5) is 0 Å². The SMILES string of the molecule is OC1CC(C2=COC(Cc3ccccc3)O2)c2ccccc21. The van der Waals surface area contributed by atoms with Gasteiger partial charge in [-0.15, -0.1) is 0 Å². The van der Waals surface area contributed by atoms with Crippen LogP contribution in [0.25, 0.3) is 0 Å². The molecule has 0 saturated carbocycles. The molecule has 3 unspecified atom stereocenters. The summed E-state index contributed by atoms with van der Waals surface area (Å²) in [6.07, 6.45) is 2.40. The van der Waals surface area contributed by atoms with E-state index in [1.807, 2.05) is 36.4 Å². The van der Waals surface area contributed by atoms with E-state index in [4.69, 9.17) is 9.47 Å². The van der Waals surface area contributed by atoms with Crippen molar-refractivity contribution in [2.75, 3.05) is 0 Å². The van der Waals surface area contributed by atoms with Crippen molar-refractivity contribution >= 4 is 0 Å². The van der Waals surface area contributed by atoms with Crippen LogP contribution in [0.15, 0.2) is 66.6 Å². The average Bonchev–Trinajstić information content (AvgIpc) is 3.14. The van der Waals surface area contributed by atoms with Crippen LogP contribution in [0.5, 0.6) is 0 Å². The fraction of sp³-hybridized carbons (Fsp3) is 0.263. The van der Waals surface area contributed by atoms with Gasteiger partial charge in [-0.25, -0.2) is 0 Å². The van der Waals surface area contributed by atoms with Gasteiger partial charge < -0.3 is 14.6 Å². The maximum Gasteiger partial charge on any atom is 0.244 e. The van der Waals surface area contributed by atoms with Crippen molar-refractivity contribution in [1.82, 2.24) is 0 Å². The number of aliphatic hydroxyl groups excluding tert-OH is 1. The molecule has 0 spiro atoms. The zero-order chi connectivity index (χ0) is 14.9. The third kappa shape index (κ3) is 2.38. The summed E-state index contributed by atoms with van der Waals surface area (Å²) in [5.41, 5.74) is 3.34. The highest BCUT2D eigenvalue weighted by atomic mass is 16.7. The van der Waals surface area contributed by atoms with E-state index in [9.17, 15) is 5.11 Å². The van der Waals surface area contributed by atoms with E-state index in [1.54, 1.807) is 6.26 Å². The number of hydrogen-bond donors (Lipinski definition) is 1. The summed E-state index contributed by atoms with van der Waals surface area (Å²) < 4.78 is 11.6. The van der Waals surface area contributed by atoms with Crippen molar-refractivity contribution in [3.8, 4) is 0 Å². The molecule has 1 aliphatic carbocycles. The lowest BCUT2D eigenvalue weighted by molar-refractivity contribution is -0.0339. The first-order valence-electron chi connectivity index (χ1n) is 7.64. The largest absolute Gasteiger partial charge is 0.459 e. The minimum absolute atomic E-state index is 0.0898. The Morgan fingerprint density at radius 2 is 1.68 bits per heavy atom. The van der Waals surface area contributed by atoms with E-state index in [2.05, 4.69) is 18.2 Å². The number of rotatable bonds is 3. The Balaban J connectivity index is 1.48. The van der Waals surface area contributed by atoms with Gasteiger partial charge in [0, 0.05) is 12.3 Å². The fourth-order valence-corrected chi connectivity index (χ4v) is 3.29. The van der Waals surface area contributed by atoms with Crippen molar-refractivity contribution in [3.05, 3.63) is 83.3 Å². The van der Waals surface area contributed by atoms with Crippen LogP contribution < -0.4 is 0 Å². The van der Waals surface area contributed by atoms with Crippen LogP contribution in [0.2, 0.25) is 0 Å². The van der Waals surface area contributed by atoms with Gasteiger partial charge >= 0.3 is 0 Å². The molecule has 4 rings (SSSR count). The van der Waals surface area contributed by atoms with Gasteiger partial charge in [0.2, 0.25) is 6.29 Å². The Kier molecular flexibility index (Phi) is 3.35. The Bertz CT molecular complexity index is 693.